The molecule has 0 saturated carbocycles. The first-order chi connectivity index (χ1) is 15.2. The van der Waals surface area contributed by atoms with Crippen LogP contribution in [-0.2, 0) is 22.7 Å². The molecular formula is C24H27N3O4. The fourth-order valence-electron chi connectivity index (χ4n) is 3.72. The molecule has 3 aromatic rings. The minimum absolute atomic E-state index is 0.00908. The van der Waals surface area contributed by atoms with E-state index in [2.05, 4.69) is 10.1 Å². The fraction of sp³-hybridized carbons (Fsp3) is 0.375. The summed E-state index contributed by atoms with van der Waals surface area (Å²) in [6, 6.07) is 17.4. The van der Waals surface area contributed by atoms with Gasteiger partial charge in [0.2, 0.25) is 0 Å². The summed E-state index contributed by atoms with van der Waals surface area (Å²) in [6.45, 7) is 3.36. The van der Waals surface area contributed by atoms with E-state index in [-0.39, 0.29) is 25.2 Å². The van der Waals surface area contributed by atoms with Crippen molar-refractivity contribution in [1.82, 2.24) is 15.0 Å². The number of rotatable bonds is 8. The van der Waals surface area contributed by atoms with E-state index in [0.717, 1.165) is 30.4 Å². The number of nitrogens with zero attached hydrogens (tertiary/aromatic N) is 3. The fourth-order valence-corrected chi connectivity index (χ4v) is 3.72. The lowest BCUT2D eigenvalue weighted by Crippen LogP contribution is -2.41. The molecule has 4 rings (SSSR count). The second kappa shape index (κ2) is 10.2. The van der Waals surface area contributed by atoms with Crippen molar-refractivity contribution in [1.29, 1.82) is 0 Å². The van der Waals surface area contributed by atoms with Gasteiger partial charge < -0.3 is 18.9 Å². The van der Waals surface area contributed by atoms with E-state index in [1.165, 1.54) is 0 Å². The number of likely N-dealkylation sites (tertiary alicyclic amines) is 1. The quantitative estimate of drug-likeness (QED) is 0.542. The van der Waals surface area contributed by atoms with Gasteiger partial charge in [0.15, 0.2) is 12.4 Å². The van der Waals surface area contributed by atoms with Gasteiger partial charge in [0.1, 0.15) is 12.4 Å². The molecule has 2 heterocycles. The predicted molar refractivity (Wildman–Crippen MR) is 114 cm³/mol. The minimum atomic E-state index is -0.200. The molecule has 162 valence electrons. The first kappa shape index (κ1) is 21.1. The topological polar surface area (TPSA) is 77.7 Å². The molecule has 0 N–H and O–H groups in total. The van der Waals surface area contributed by atoms with Crippen molar-refractivity contribution >= 4 is 5.91 Å². The molecule has 1 aliphatic rings. The molecule has 1 amide bonds. The summed E-state index contributed by atoms with van der Waals surface area (Å²) in [7, 11) is 0. The van der Waals surface area contributed by atoms with E-state index in [0.29, 0.717) is 30.6 Å². The van der Waals surface area contributed by atoms with Crippen molar-refractivity contribution in [3.05, 3.63) is 77.4 Å². The Morgan fingerprint density at radius 1 is 1.13 bits per heavy atom. The van der Waals surface area contributed by atoms with Crippen LogP contribution >= 0.6 is 0 Å². The third-order valence-electron chi connectivity index (χ3n) is 5.29. The Morgan fingerprint density at radius 3 is 2.84 bits per heavy atom. The Balaban J connectivity index is 1.34. The van der Waals surface area contributed by atoms with E-state index in [1.54, 1.807) is 4.90 Å². The van der Waals surface area contributed by atoms with Gasteiger partial charge in [-0.3, -0.25) is 4.79 Å². The van der Waals surface area contributed by atoms with Crippen molar-refractivity contribution in [2.24, 2.45) is 0 Å². The van der Waals surface area contributed by atoms with Gasteiger partial charge in [0.05, 0.1) is 12.6 Å². The average Bonchev–Trinajstić information content (AvgIpc) is 3.27. The number of hydrogen-bond acceptors (Lipinski definition) is 6. The summed E-state index contributed by atoms with van der Waals surface area (Å²) in [6.07, 6.45) is 2.78. The number of amides is 1. The average molecular weight is 421 g/mol. The van der Waals surface area contributed by atoms with Crippen LogP contribution in [0.3, 0.4) is 0 Å². The highest BCUT2D eigenvalue weighted by atomic mass is 16.5. The Kier molecular flexibility index (Phi) is 6.94. The molecule has 0 spiro atoms. The van der Waals surface area contributed by atoms with E-state index >= 15 is 0 Å². The van der Waals surface area contributed by atoms with Crippen LogP contribution in [0.1, 0.15) is 48.1 Å². The van der Waals surface area contributed by atoms with Gasteiger partial charge in [0.25, 0.3) is 11.8 Å². The lowest BCUT2D eigenvalue weighted by molar-refractivity contribution is -0.137. The third kappa shape index (κ3) is 5.70. The first-order valence-electron chi connectivity index (χ1n) is 10.6. The number of carbonyl (C=O) groups excluding carboxylic acids is 1. The minimum Gasteiger partial charge on any atom is -0.484 e. The van der Waals surface area contributed by atoms with Crippen molar-refractivity contribution in [2.75, 3.05) is 13.2 Å². The molecule has 0 radical (unpaired) electrons. The van der Waals surface area contributed by atoms with Crippen LogP contribution in [0.25, 0.3) is 0 Å². The normalized spacial score (nSPS) is 16.3. The zero-order valence-corrected chi connectivity index (χ0v) is 17.7. The molecule has 1 saturated heterocycles. The smallest absolute Gasteiger partial charge is 0.261 e. The van der Waals surface area contributed by atoms with Gasteiger partial charge in [-0.15, -0.1) is 0 Å². The summed E-state index contributed by atoms with van der Waals surface area (Å²) in [5.41, 5.74) is 2.18. The van der Waals surface area contributed by atoms with Crippen molar-refractivity contribution < 1.29 is 18.8 Å². The van der Waals surface area contributed by atoms with Crippen LogP contribution in [0.15, 0.2) is 59.1 Å². The highest BCUT2D eigenvalue weighted by molar-refractivity contribution is 5.78. The van der Waals surface area contributed by atoms with Crippen molar-refractivity contribution in [3.8, 4) is 5.75 Å². The number of aromatic nitrogens is 2. The lowest BCUT2D eigenvalue weighted by Gasteiger charge is -2.33. The van der Waals surface area contributed by atoms with Gasteiger partial charge in [0, 0.05) is 6.54 Å². The molecule has 7 nitrogen and oxygen atoms in total. The van der Waals surface area contributed by atoms with E-state index in [1.807, 2.05) is 61.5 Å². The molecule has 7 heteroatoms. The number of ether oxygens (including phenoxy) is 2. The number of carbonyl (C=O) groups is 1. The van der Waals surface area contributed by atoms with Crippen molar-refractivity contribution in [2.45, 2.75) is 45.4 Å². The largest absolute Gasteiger partial charge is 0.484 e. The zero-order valence-electron chi connectivity index (χ0n) is 17.7. The first-order valence-corrected chi connectivity index (χ1v) is 10.6. The van der Waals surface area contributed by atoms with E-state index < -0.39 is 0 Å². The third-order valence-corrected chi connectivity index (χ3v) is 5.29. The van der Waals surface area contributed by atoms with Gasteiger partial charge in [-0.1, -0.05) is 47.6 Å². The SMILES string of the molecule is Cc1cccc(OCC(=O)N2CCCCC2c2noc(COCc3ccccc3)n2)c1. The Hall–Kier alpha value is -3.19. The van der Waals surface area contributed by atoms with Gasteiger partial charge in [-0.2, -0.15) is 4.98 Å². The molecule has 2 aromatic carbocycles. The lowest BCUT2D eigenvalue weighted by atomic mass is 10.0. The van der Waals surface area contributed by atoms with Gasteiger partial charge >= 0.3 is 0 Å². The van der Waals surface area contributed by atoms with Crippen molar-refractivity contribution in [3.63, 3.8) is 0 Å². The molecule has 1 aliphatic heterocycles. The maximum absolute atomic E-state index is 12.9. The van der Waals surface area contributed by atoms with Gasteiger partial charge in [-0.25, -0.2) is 0 Å². The highest BCUT2D eigenvalue weighted by Gasteiger charge is 2.31. The highest BCUT2D eigenvalue weighted by Crippen LogP contribution is 2.29. The molecule has 1 fully saturated rings. The Bertz CT molecular complexity index is 989. The molecule has 1 aromatic heterocycles. The van der Waals surface area contributed by atoms with Crippen LogP contribution in [0.2, 0.25) is 0 Å². The second-order valence-electron chi connectivity index (χ2n) is 7.73. The molecule has 0 aliphatic carbocycles. The standard InChI is InChI=1S/C24H27N3O4/c1-18-8-7-11-20(14-18)30-17-23(28)27-13-6-5-12-21(27)24-25-22(31-26-24)16-29-15-19-9-3-2-4-10-19/h2-4,7-11,14,21H,5-6,12-13,15-17H2,1H3. The predicted octanol–water partition coefficient (Wildman–Crippen LogP) is 4.23. The summed E-state index contributed by atoms with van der Waals surface area (Å²) in [5, 5.41) is 4.13. The molecule has 0 bridgehead atoms. The summed E-state index contributed by atoms with van der Waals surface area (Å²) >= 11 is 0. The Morgan fingerprint density at radius 2 is 2.00 bits per heavy atom. The molecule has 31 heavy (non-hydrogen) atoms. The van der Waals surface area contributed by atoms with Crippen LogP contribution in [0.4, 0.5) is 0 Å². The van der Waals surface area contributed by atoms with E-state index in [9.17, 15) is 4.79 Å². The van der Waals surface area contributed by atoms with Crippen LogP contribution < -0.4 is 4.74 Å². The zero-order chi connectivity index (χ0) is 21.5. The van der Waals surface area contributed by atoms with E-state index in [4.69, 9.17) is 14.0 Å². The summed E-state index contributed by atoms with van der Waals surface area (Å²) < 4.78 is 16.8. The molecular weight excluding hydrogens is 394 g/mol. The maximum atomic E-state index is 12.9. The number of aryl methyl sites for hydroxylation is 1. The summed E-state index contributed by atoms with van der Waals surface area (Å²) in [5.74, 6) is 1.57. The Labute approximate surface area is 182 Å². The van der Waals surface area contributed by atoms with Crippen LogP contribution in [0, 0.1) is 6.92 Å². The van der Waals surface area contributed by atoms with Gasteiger partial charge in [-0.05, 0) is 49.4 Å². The second-order valence-corrected chi connectivity index (χ2v) is 7.73. The summed E-state index contributed by atoms with van der Waals surface area (Å²) in [4.78, 5) is 19.2. The van der Waals surface area contributed by atoms with Crippen LogP contribution in [0.5, 0.6) is 5.75 Å². The monoisotopic (exact) mass is 421 g/mol. The molecule has 1 unspecified atom stereocenters. The number of benzene rings is 2. The number of piperidine rings is 1. The van der Waals surface area contributed by atoms with Crippen LogP contribution in [-0.4, -0.2) is 34.1 Å². The maximum Gasteiger partial charge on any atom is 0.261 e. The number of hydrogen-bond donors (Lipinski definition) is 0. The molecule has 1 atom stereocenters.